The number of alkyl halides is 4. The lowest BCUT2D eigenvalue weighted by Gasteiger charge is -2.37. The monoisotopic (exact) mass is 560 g/mol. The van der Waals surface area contributed by atoms with E-state index in [0.717, 1.165) is 11.1 Å². The highest BCUT2D eigenvalue weighted by molar-refractivity contribution is 5.94. The number of aromatic carboxylic acids is 1. The first-order chi connectivity index (χ1) is 19.0. The molecule has 0 spiro atoms. The molecule has 3 aromatic rings. The predicted molar refractivity (Wildman–Crippen MR) is 147 cm³/mol. The molecule has 3 N–H and O–H groups in total. The zero-order chi connectivity index (χ0) is 29.0. The Kier molecular flexibility index (Phi) is 8.79. The highest BCUT2D eigenvalue weighted by Crippen LogP contribution is 2.32. The number of fused-ring (bicyclic) bond motifs is 1. The molecule has 1 saturated heterocycles. The number of carbonyl (C=O) groups is 1. The molecule has 4 rings (SSSR count). The lowest BCUT2D eigenvalue weighted by molar-refractivity contribution is -0.140. The van der Waals surface area contributed by atoms with Gasteiger partial charge < -0.3 is 25.0 Å². The Bertz CT molecular complexity index is 1420. The average molecular weight is 561 g/mol. The fraction of sp³-hybridized carbons (Fsp3) is 0.414. The Morgan fingerprint density at radius 3 is 2.62 bits per heavy atom. The number of piperidine rings is 1. The number of rotatable bonds is 8. The van der Waals surface area contributed by atoms with Gasteiger partial charge in [0.15, 0.2) is 0 Å². The van der Waals surface area contributed by atoms with Crippen molar-refractivity contribution in [3.63, 3.8) is 0 Å². The molecule has 1 fully saturated rings. The molecule has 214 valence electrons. The first-order valence-corrected chi connectivity index (χ1v) is 12.9. The van der Waals surface area contributed by atoms with Crippen molar-refractivity contribution in [1.29, 1.82) is 0 Å². The number of methoxy groups -OCH3 is 1. The zero-order valence-corrected chi connectivity index (χ0v) is 22.5. The summed E-state index contributed by atoms with van der Waals surface area (Å²) in [7, 11) is 1.40. The van der Waals surface area contributed by atoms with Crippen LogP contribution < -0.4 is 15.4 Å². The Morgan fingerprint density at radius 2 is 1.98 bits per heavy atom. The molecular formula is C29H32F4N4O3. The first kappa shape index (κ1) is 29.1. The van der Waals surface area contributed by atoms with E-state index >= 15 is 0 Å². The maximum atomic E-state index is 15.0. The van der Waals surface area contributed by atoms with Crippen LogP contribution in [0.5, 0.6) is 5.75 Å². The van der Waals surface area contributed by atoms with E-state index in [1.807, 2.05) is 13.8 Å². The number of ether oxygens (including phenoxy) is 1. The van der Waals surface area contributed by atoms with Crippen LogP contribution in [0.1, 0.15) is 36.3 Å². The molecule has 0 unspecified atom stereocenters. The van der Waals surface area contributed by atoms with Crippen LogP contribution in [0, 0.1) is 11.8 Å². The summed E-state index contributed by atoms with van der Waals surface area (Å²) in [5.74, 6) is 4.87. The summed E-state index contributed by atoms with van der Waals surface area (Å²) in [6.07, 6.45) is -5.01. The zero-order valence-electron chi connectivity index (χ0n) is 22.5. The van der Waals surface area contributed by atoms with Gasteiger partial charge in [0.1, 0.15) is 18.5 Å². The second kappa shape index (κ2) is 12.1. The van der Waals surface area contributed by atoms with E-state index in [4.69, 9.17) is 9.84 Å². The quantitative estimate of drug-likeness (QED) is 0.246. The summed E-state index contributed by atoms with van der Waals surface area (Å²) < 4.78 is 61.9. The van der Waals surface area contributed by atoms with Crippen molar-refractivity contribution in [1.82, 2.24) is 9.47 Å². The van der Waals surface area contributed by atoms with E-state index in [2.05, 4.69) is 27.4 Å². The molecule has 2 heterocycles. The van der Waals surface area contributed by atoms with Gasteiger partial charge in [0.05, 0.1) is 42.2 Å². The van der Waals surface area contributed by atoms with Gasteiger partial charge in [-0.15, -0.1) is 0 Å². The molecule has 1 aliphatic heterocycles. The number of halogens is 4. The molecule has 2 aromatic carbocycles. The van der Waals surface area contributed by atoms with Crippen LogP contribution in [0.2, 0.25) is 0 Å². The van der Waals surface area contributed by atoms with Gasteiger partial charge in [0.25, 0.3) is 0 Å². The standard InChI is InChI=1S/C29H32F4N4O3/c1-18(2)36-13-11-24(22(30)16-36)35-23-7-4-8-26-21(23)15-20(37(26)17-29(31,32)33)6-5-12-34-25-10-9-19(28(38)39)14-27(25)40-3/h4,7-10,14-15,18,22,24,34-35H,11-13,16-17H2,1-3H3,(H,38,39)/t22-,24+/m0/s1. The van der Waals surface area contributed by atoms with E-state index in [1.54, 1.807) is 24.3 Å². The number of carboxylic acid groups (broad SMARTS) is 1. The third kappa shape index (κ3) is 6.80. The van der Waals surface area contributed by atoms with Crippen LogP contribution in [0.4, 0.5) is 28.9 Å². The van der Waals surface area contributed by atoms with E-state index < -0.39 is 30.9 Å². The molecule has 0 bridgehead atoms. The fourth-order valence-corrected chi connectivity index (χ4v) is 4.87. The summed E-state index contributed by atoms with van der Waals surface area (Å²) in [4.78, 5) is 13.3. The van der Waals surface area contributed by atoms with Crippen LogP contribution >= 0.6 is 0 Å². The van der Waals surface area contributed by atoms with Gasteiger partial charge >= 0.3 is 12.1 Å². The topological polar surface area (TPSA) is 78.8 Å². The normalized spacial score (nSPS) is 17.9. The number of benzene rings is 2. The summed E-state index contributed by atoms with van der Waals surface area (Å²) in [6.45, 7) is 3.92. The lowest BCUT2D eigenvalue weighted by atomic mass is 10.0. The van der Waals surface area contributed by atoms with Crippen molar-refractivity contribution in [2.75, 3.05) is 37.4 Å². The Labute approximate surface area is 230 Å². The second-order valence-electron chi connectivity index (χ2n) is 9.99. The summed E-state index contributed by atoms with van der Waals surface area (Å²) >= 11 is 0. The number of nitrogens with zero attached hydrogens (tertiary/aromatic N) is 2. The predicted octanol–water partition coefficient (Wildman–Crippen LogP) is 5.61. The maximum absolute atomic E-state index is 15.0. The Morgan fingerprint density at radius 1 is 1.20 bits per heavy atom. The van der Waals surface area contributed by atoms with Gasteiger partial charge in [-0.2, -0.15) is 13.2 Å². The van der Waals surface area contributed by atoms with E-state index in [-0.39, 0.29) is 23.8 Å². The summed E-state index contributed by atoms with van der Waals surface area (Å²) in [6, 6.07) is 10.7. The van der Waals surface area contributed by atoms with E-state index in [0.29, 0.717) is 41.0 Å². The minimum absolute atomic E-state index is 0.0547. The average Bonchev–Trinajstić information content (AvgIpc) is 3.24. The van der Waals surface area contributed by atoms with Gasteiger partial charge in [-0.05, 0) is 62.6 Å². The number of aromatic nitrogens is 1. The van der Waals surface area contributed by atoms with Crippen LogP contribution in [0.25, 0.3) is 10.9 Å². The van der Waals surface area contributed by atoms with Crippen LogP contribution in [0.3, 0.4) is 0 Å². The number of hydrogen-bond donors (Lipinski definition) is 3. The number of likely N-dealkylation sites (tertiary alicyclic amines) is 1. The molecule has 1 aromatic heterocycles. The number of nitrogens with one attached hydrogen (secondary N) is 2. The highest BCUT2D eigenvalue weighted by Gasteiger charge is 2.32. The molecule has 0 saturated carbocycles. The number of carboxylic acids is 1. The maximum Gasteiger partial charge on any atom is 0.406 e. The minimum atomic E-state index is -4.48. The van der Waals surface area contributed by atoms with Crippen molar-refractivity contribution >= 4 is 28.2 Å². The SMILES string of the molecule is COc1cc(C(=O)O)ccc1NCC#Cc1cc2c(N[C@@H]3CCN(C(C)C)C[C@@H]3F)cccc2n1CC(F)(F)F. The third-order valence-corrected chi connectivity index (χ3v) is 6.96. The lowest BCUT2D eigenvalue weighted by Crippen LogP contribution is -2.50. The van der Waals surface area contributed by atoms with Crippen molar-refractivity contribution in [2.24, 2.45) is 0 Å². The van der Waals surface area contributed by atoms with Gasteiger partial charge in [-0.3, -0.25) is 4.90 Å². The van der Waals surface area contributed by atoms with Crippen LogP contribution in [-0.2, 0) is 6.54 Å². The van der Waals surface area contributed by atoms with Crippen molar-refractivity contribution in [3.8, 4) is 17.6 Å². The fourth-order valence-electron chi connectivity index (χ4n) is 4.87. The third-order valence-electron chi connectivity index (χ3n) is 6.96. The summed E-state index contributed by atoms with van der Waals surface area (Å²) in [5, 5.41) is 15.9. The first-order valence-electron chi connectivity index (χ1n) is 12.9. The molecule has 1 aliphatic rings. The highest BCUT2D eigenvalue weighted by atomic mass is 19.4. The molecule has 0 aliphatic carbocycles. The molecule has 2 atom stereocenters. The van der Waals surface area contributed by atoms with Crippen LogP contribution in [0.15, 0.2) is 42.5 Å². The van der Waals surface area contributed by atoms with Crippen molar-refractivity contribution < 1.29 is 32.2 Å². The number of hydrogen-bond acceptors (Lipinski definition) is 5. The van der Waals surface area contributed by atoms with E-state index in [1.165, 1.54) is 25.3 Å². The number of anilines is 2. The smallest absolute Gasteiger partial charge is 0.406 e. The van der Waals surface area contributed by atoms with Gasteiger partial charge in [0, 0.05) is 30.2 Å². The van der Waals surface area contributed by atoms with Crippen molar-refractivity contribution in [2.45, 2.75) is 51.2 Å². The summed E-state index contributed by atoms with van der Waals surface area (Å²) in [5.41, 5.74) is 1.63. The largest absolute Gasteiger partial charge is 0.495 e. The molecule has 0 radical (unpaired) electrons. The van der Waals surface area contributed by atoms with Crippen LogP contribution in [-0.4, -0.2) is 71.7 Å². The molecular weight excluding hydrogens is 528 g/mol. The second-order valence-corrected chi connectivity index (χ2v) is 9.99. The van der Waals surface area contributed by atoms with Gasteiger partial charge in [-0.25, -0.2) is 9.18 Å². The molecule has 0 amide bonds. The molecule has 40 heavy (non-hydrogen) atoms. The minimum Gasteiger partial charge on any atom is -0.495 e. The Hall–Kier alpha value is -3.91. The van der Waals surface area contributed by atoms with E-state index in [9.17, 15) is 22.4 Å². The van der Waals surface area contributed by atoms with Gasteiger partial charge in [0.2, 0.25) is 0 Å². The van der Waals surface area contributed by atoms with Crippen molar-refractivity contribution in [3.05, 3.63) is 53.7 Å². The molecule has 7 nitrogen and oxygen atoms in total. The Balaban J connectivity index is 1.59. The molecule has 11 heteroatoms. The van der Waals surface area contributed by atoms with Gasteiger partial charge in [-0.1, -0.05) is 12.0 Å².